The molecule has 1 aliphatic rings. The Morgan fingerprint density at radius 1 is 1.09 bits per heavy atom. The Kier molecular flexibility index (Phi) is 7.22. The topological polar surface area (TPSA) is 85.7 Å². The van der Waals surface area contributed by atoms with E-state index in [2.05, 4.69) is 15.2 Å². The average Bonchev–Trinajstić information content (AvgIpc) is 3.48. The van der Waals surface area contributed by atoms with Gasteiger partial charge < -0.3 is 24.3 Å². The fraction of sp³-hybridized carbons (Fsp3) is 0.280. The van der Waals surface area contributed by atoms with Gasteiger partial charge in [-0.15, -0.1) is 0 Å². The van der Waals surface area contributed by atoms with Crippen LogP contribution in [0, 0.1) is 0 Å². The summed E-state index contributed by atoms with van der Waals surface area (Å²) in [5.41, 5.74) is 3.13. The van der Waals surface area contributed by atoms with Crippen molar-refractivity contribution in [1.82, 2.24) is 19.8 Å². The highest BCUT2D eigenvalue weighted by Gasteiger charge is 2.41. The predicted molar refractivity (Wildman–Crippen MR) is 131 cm³/mol. The van der Waals surface area contributed by atoms with Crippen molar-refractivity contribution in [2.75, 3.05) is 20.8 Å². The highest BCUT2D eigenvalue weighted by atomic mass is 32.1. The number of pyridine rings is 1. The first-order chi connectivity index (χ1) is 16.5. The minimum atomic E-state index is -0.393. The molecule has 1 fully saturated rings. The number of rotatable bonds is 8. The number of benzene rings is 1. The molecule has 1 aromatic carbocycles. The van der Waals surface area contributed by atoms with Crippen molar-refractivity contribution < 1.29 is 19.1 Å². The highest BCUT2D eigenvalue weighted by Crippen LogP contribution is 2.39. The van der Waals surface area contributed by atoms with Gasteiger partial charge >= 0.3 is 11.9 Å². The first kappa shape index (κ1) is 23.4. The molecule has 0 amide bonds. The quantitative estimate of drug-likeness (QED) is 0.388. The van der Waals surface area contributed by atoms with E-state index in [1.807, 2.05) is 53.2 Å². The summed E-state index contributed by atoms with van der Waals surface area (Å²) in [6, 6.07) is 16.7. The smallest absolute Gasteiger partial charge is 0.337 e. The Morgan fingerprint density at radius 3 is 2.68 bits per heavy atom. The summed E-state index contributed by atoms with van der Waals surface area (Å²) in [6.45, 7) is 0.572. The van der Waals surface area contributed by atoms with Crippen LogP contribution in [0.3, 0.4) is 0 Å². The van der Waals surface area contributed by atoms with E-state index in [9.17, 15) is 9.59 Å². The Morgan fingerprint density at radius 2 is 1.94 bits per heavy atom. The van der Waals surface area contributed by atoms with Crippen LogP contribution in [0.5, 0.6) is 0 Å². The average molecular weight is 479 g/mol. The molecule has 34 heavy (non-hydrogen) atoms. The van der Waals surface area contributed by atoms with Crippen LogP contribution in [-0.2, 0) is 14.3 Å². The number of esters is 2. The van der Waals surface area contributed by atoms with Crippen LogP contribution in [0.1, 0.15) is 46.7 Å². The van der Waals surface area contributed by atoms with Crippen molar-refractivity contribution in [3.05, 3.63) is 83.9 Å². The second kappa shape index (κ2) is 10.5. The van der Waals surface area contributed by atoms with Gasteiger partial charge in [-0.2, -0.15) is 0 Å². The van der Waals surface area contributed by atoms with Crippen LogP contribution >= 0.6 is 12.2 Å². The van der Waals surface area contributed by atoms with E-state index in [1.165, 1.54) is 14.2 Å². The molecule has 0 unspecified atom stereocenters. The number of aromatic nitrogens is 2. The van der Waals surface area contributed by atoms with Gasteiger partial charge in [0.2, 0.25) is 0 Å². The van der Waals surface area contributed by atoms with Gasteiger partial charge in [0.1, 0.15) is 0 Å². The molecule has 0 saturated carbocycles. The number of hydrogen-bond acceptors (Lipinski definition) is 6. The zero-order valence-electron chi connectivity index (χ0n) is 19.0. The standard InChI is InChI=1S/C25H26N4O4S/c1-32-21(30)12-7-15-29-23(22(27-25(29)34)19-10-3-4-13-26-19)20-11-6-14-28(20)18-9-5-8-17(16-18)24(31)33-2/h3-6,8-11,13-14,16,22-23H,7,12,15H2,1-2H3,(H,27,34)/t22-,23+/m1/s1. The normalized spacial score (nSPS) is 17.4. The van der Waals surface area contributed by atoms with E-state index in [-0.39, 0.29) is 18.1 Å². The van der Waals surface area contributed by atoms with Gasteiger partial charge in [0.05, 0.1) is 37.6 Å². The van der Waals surface area contributed by atoms with Crippen LogP contribution in [0.2, 0.25) is 0 Å². The maximum absolute atomic E-state index is 12.1. The fourth-order valence-corrected chi connectivity index (χ4v) is 4.57. The van der Waals surface area contributed by atoms with Gasteiger partial charge in [-0.05, 0) is 61.1 Å². The summed E-state index contributed by atoms with van der Waals surface area (Å²) in [5.74, 6) is -0.644. The van der Waals surface area contributed by atoms with Gasteiger partial charge in [-0.1, -0.05) is 12.1 Å². The lowest BCUT2D eigenvalue weighted by Crippen LogP contribution is -2.31. The second-order valence-corrected chi connectivity index (χ2v) is 8.23. The molecular formula is C25H26N4O4S. The largest absolute Gasteiger partial charge is 0.469 e. The van der Waals surface area contributed by atoms with E-state index in [0.29, 0.717) is 30.1 Å². The number of methoxy groups -OCH3 is 2. The molecule has 3 aromatic rings. The molecule has 2 aromatic heterocycles. The van der Waals surface area contributed by atoms with Gasteiger partial charge in [-0.25, -0.2) is 4.79 Å². The number of hydrogen-bond donors (Lipinski definition) is 1. The van der Waals surface area contributed by atoms with Gasteiger partial charge in [0, 0.05) is 36.7 Å². The Balaban J connectivity index is 1.73. The lowest BCUT2D eigenvalue weighted by atomic mass is 10.0. The maximum Gasteiger partial charge on any atom is 0.337 e. The number of carbonyl (C=O) groups is 2. The summed E-state index contributed by atoms with van der Waals surface area (Å²) in [5, 5.41) is 4.02. The van der Waals surface area contributed by atoms with Crippen molar-refractivity contribution in [1.29, 1.82) is 0 Å². The molecule has 3 heterocycles. The Hall–Kier alpha value is -3.72. The maximum atomic E-state index is 12.1. The van der Waals surface area contributed by atoms with Crippen molar-refractivity contribution in [2.24, 2.45) is 0 Å². The summed E-state index contributed by atoms with van der Waals surface area (Å²) in [4.78, 5) is 30.4. The second-order valence-electron chi connectivity index (χ2n) is 7.84. The SMILES string of the molecule is COC(=O)CCCN1C(=S)N[C@H](c2ccccn2)[C@@H]1c1cccn1-c1cccc(C(=O)OC)c1. The third-order valence-corrected chi connectivity index (χ3v) is 6.19. The van der Waals surface area contributed by atoms with Crippen LogP contribution in [-0.4, -0.2) is 52.3 Å². The van der Waals surface area contributed by atoms with Crippen LogP contribution in [0.25, 0.3) is 5.69 Å². The first-order valence-corrected chi connectivity index (χ1v) is 11.3. The number of thiocarbonyl (C=S) groups is 1. The van der Waals surface area contributed by atoms with Crippen molar-refractivity contribution in [3.8, 4) is 5.69 Å². The number of carbonyl (C=O) groups excluding carboxylic acids is 2. The Labute approximate surface area is 203 Å². The molecule has 4 rings (SSSR count). The number of ether oxygens (including phenoxy) is 2. The Bertz CT molecular complexity index is 1180. The van der Waals surface area contributed by atoms with Crippen LogP contribution in [0.15, 0.2) is 67.0 Å². The third-order valence-electron chi connectivity index (χ3n) is 5.83. The molecule has 1 aliphatic heterocycles. The van der Waals surface area contributed by atoms with Gasteiger partial charge in [0.15, 0.2) is 5.11 Å². The molecule has 9 heteroatoms. The lowest BCUT2D eigenvalue weighted by Gasteiger charge is -2.29. The summed E-state index contributed by atoms with van der Waals surface area (Å²) >= 11 is 5.71. The molecule has 0 radical (unpaired) electrons. The molecular weight excluding hydrogens is 452 g/mol. The lowest BCUT2D eigenvalue weighted by molar-refractivity contribution is -0.140. The number of nitrogens with one attached hydrogen (secondary N) is 1. The van der Waals surface area contributed by atoms with Crippen molar-refractivity contribution in [3.63, 3.8) is 0 Å². The molecule has 1 N–H and O–H groups in total. The molecule has 0 aliphatic carbocycles. The van der Waals surface area contributed by atoms with E-state index < -0.39 is 5.97 Å². The zero-order chi connectivity index (χ0) is 24.1. The van der Waals surface area contributed by atoms with Crippen molar-refractivity contribution in [2.45, 2.75) is 24.9 Å². The van der Waals surface area contributed by atoms with E-state index >= 15 is 0 Å². The highest BCUT2D eigenvalue weighted by molar-refractivity contribution is 7.80. The predicted octanol–water partition coefficient (Wildman–Crippen LogP) is 3.58. The van der Waals surface area contributed by atoms with Crippen molar-refractivity contribution >= 4 is 29.3 Å². The third kappa shape index (κ3) is 4.79. The summed E-state index contributed by atoms with van der Waals surface area (Å²) in [6.07, 6.45) is 4.61. The number of nitrogens with zero attached hydrogens (tertiary/aromatic N) is 3. The van der Waals surface area contributed by atoms with Crippen LogP contribution in [0.4, 0.5) is 0 Å². The summed E-state index contributed by atoms with van der Waals surface area (Å²) < 4.78 is 11.7. The van der Waals surface area contributed by atoms with E-state index in [1.54, 1.807) is 18.3 Å². The van der Waals surface area contributed by atoms with Gasteiger partial charge in [-0.3, -0.25) is 9.78 Å². The minimum Gasteiger partial charge on any atom is -0.469 e. The monoisotopic (exact) mass is 478 g/mol. The minimum absolute atomic E-state index is 0.183. The fourth-order valence-electron chi connectivity index (χ4n) is 4.23. The molecule has 0 bridgehead atoms. The van der Waals surface area contributed by atoms with Gasteiger partial charge in [0.25, 0.3) is 0 Å². The first-order valence-electron chi connectivity index (χ1n) is 10.9. The molecule has 0 spiro atoms. The zero-order valence-corrected chi connectivity index (χ0v) is 19.8. The molecule has 8 nitrogen and oxygen atoms in total. The molecule has 2 atom stereocenters. The van der Waals surface area contributed by atoms with Crippen LogP contribution < -0.4 is 5.32 Å². The van der Waals surface area contributed by atoms with E-state index in [0.717, 1.165) is 17.1 Å². The molecule has 1 saturated heterocycles. The van der Waals surface area contributed by atoms with E-state index in [4.69, 9.17) is 21.7 Å². The molecule has 176 valence electrons. The summed E-state index contributed by atoms with van der Waals surface area (Å²) in [7, 11) is 2.75.